The second kappa shape index (κ2) is 5.19. The predicted molar refractivity (Wildman–Crippen MR) is 97.6 cm³/mol. The summed E-state index contributed by atoms with van der Waals surface area (Å²) in [6.07, 6.45) is 7.96. The molecule has 0 bridgehead atoms. The van der Waals surface area contributed by atoms with Crippen LogP contribution in [-0.4, -0.2) is 46.2 Å². The van der Waals surface area contributed by atoms with Crippen LogP contribution in [0.2, 0.25) is 0 Å². The summed E-state index contributed by atoms with van der Waals surface area (Å²) in [7, 11) is 0. The fourth-order valence-corrected chi connectivity index (χ4v) is 7.62. The molecule has 4 fully saturated rings. The minimum absolute atomic E-state index is 0.00822. The molecule has 0 aromatic carbocycles. The maximum absolute atomic E-state index is 12.6. The van der Waals surface area contributed by atoms with Gasteiger partial charge in [0.15, 0.2) is 11.6 Å². The monoisotopic (exact) mass is 372 g/mol. The first-order chi connectivity index (χ1) is 12.7. The molecule has 9 atom stereocenters. The van der Waals surface area contributed by atoms with Gasteiger partial charge in [-0.1, -0.05) is 32.4 Å². The Bertz CT molecular complexity index is 799. The van der Waals surface area contributed by atoms with Gasteiger partial charge < -0.3 is 14.9 Å². The second-order valence-corrected chi connectivity index (χ2v) is 9.81. The largest absolute Gasteiger partial charge is 0.388 e. The topological polar surface area (TPSA) is 87.1 Å². The number of rotatable bonds is 2. The smallest absolute Gasteiger partial charge is 0.190 e. The van der Waals surface area contributed by atoms with Crippen molar-refractivity contribution in [3.8, 4) is 0 Å². The Labute approximate surface area is 159 Å². The first kappa shape index (κ1) is 17.8. The van der Waals surface area contributed by atoms with Gasteiger partial charge in [-0.05, 0) is 49.2 Å². The molecule has 1 heterocycles. The SMILES string of the molecule is C[C@@H]1C[C@H]2[C@@H]3CCC4=CC(=O)C=C[C@]4(C)[C@H]3[C@H]3OC3[C@]2(C)[C@@]1(O)C(=O)CO. The van der Waals surface area contributed by atoms with E-state index in [4.69, 9.17) is 4.74 Å². The van der Waals surface area contributed by atoms with E-state index < -0.39 is 23.4 Å². The lowest BCUT2D eigenvalue weighted by Crippen LogP contribution is -2.62. The third-order valence-electron chi connectivity index (χ3n) is 8.97. The van der Waals surface area contributed by atoms with Crippen LogP contribution in [0.1, 0.15) is 40.0 Å². The lowest BCUT2D eigenvalue weighted by atomic mass is 9.47. The third kappa shape index (κ3) is 1.86. The highest BCUT2D eigenvalue weighted by Crippen LogP contribution is 2.73. The van der Waals surface area contributed by atoms with Crippen LogP contribution in [0.4, 0.5) is 0 Å². The molecule has 0 radical (unpaired) electrons. The zero-order chi connectivity index (χ0) is 19.4. The summed E-state index contributed by atoms with van der Waals surface area (Å²) in [5.74, 6) is 0.159. The van der Waals surface area contributed by atoms with Crippen molar-refractivity contribution in [2.75, 3.05) is 6.61 Å². The zero-order valence-corrected chi connectivity index (χ0v) is 16.1. The standard InChI is InChI=1S/C22H28O5/c1-11-8-15-14-5-4-12-9-13(24)6-7-20(12,2)17(14)18-19(27-18)21(15,3)22(11,26)16(25)10-23/h6-7,9,11,14-15,17-19,23,26H,4-5,8,10H2,1-3H3/t11-,14+,15+,17-,18-,19?,20+,21-,22+/m1/s1. The van der Waals surface area contributed by atoms with Gasteiger partial charge in [-0.25, -0.2) is 0 Å². The Morgan fingerprint density at radius 3 is 2.81 bits per heavy atom. The number of carbonyl (C=O) groups excluding carboxylic acids is 2. The summed E-state index contributed by atoms with van der Waals surface area (Å²) in [4.78, 5) is 24.5. The highest BCUT2D eigenvalue weighted by atomic mass is 16.6. The van der Waals surface area contributed by atoms with E-state index in [0.29, 0.717) is 5.92 Å². The molecule has 3 saturated carbocycles. The predicted octanol–water partition coefficient (Wildman–Crippen LogP) is 1.82. The summed E-state index contributed by atoms with van der Waals surface area (Å²) < 4.78 is 6.20. The van der Waals surface area contributed by atoms with Crippen molar-refractivity contribution in [3.05, 3.63) is 23.8 Å². The van der Waals surface area contributed by atoms with Crippen molar-refractivity contribution >= 4 is 11.6 Å². The Kier molecular flexibility index (Phi) is 3.42. The van der Waals surface area contributed by atoms with E-state index in [9.17, 15) is 19.8 Å². The molecule has 0 spiro atoms. The summed E-state index contributed by atoms with van der Waals surface area (Å²) in [6, 6.07) is 0. The van der Waals surface area contributed by atoms with E-state index in [1.165, 1.54) is 5.57 Å². The van der Waals surface area contributed by atoms with Crippen molar-refractivity contribution in [1.29, 1.82) is 0 Å². The number of allylic oxidation sites excluding steroid dienone is 4. The Balaban J connectivity index is 1.60. The van der Waals surface area contributed by atoms with Crippen LogP contribution in [0.25, 0.3) is 0 Å². The van der Waals surface area contributed by atoms with Gasteiger partial charge in [0.25, 0.3) is 0 Å². The van der Waals surface area contributed by atoms with Crippen molar-refractivity contribution < 1.29 is 24.5 Å². The van der Waals surface area contributed by atoms with Crippen molar-refractivity contribution in [1.82, 2.24) is 0 Å². The molecule has 5 nitrogen and oxygen atoms in total. The van der Waals surface area contributed by atoms with Gasteiger partial charge in [0.1, 0.15) is 12.2 Å². The van der Waals surface area contributed by atoms with E-state index in [1.807, 2.05) is 13.8 Å². The first-order valence-electron chi connectivity index (χ1n) is 10.2. The summed E-state index contributed by atoms with van der Waals surface area (Å²) in [6.45, 7) is 5.51. The second-order valence-electron chi connectivity index (χ2n) is 9.81. The number of aliphatic hydroxyl groups is 2. The van der Waals surface area contributed by atoms with Crippen molar-refractivity contribution in [2.45, 2.75) is 57.8 Å². The van der Waals surface area contributed by atoms with Crippen LogP contribution < -0.4 is 0 Å². The van der Waals surface area contributed by atoms with Gasteiger partial charge in [-0.15, -0.1) is 0 Å². The minimum Gasteiger partial charge on any atom is -0.388 e. The molecule has 0 amide bonds. The van der Waals surface area contributed by atoms with Crippen LogP contribution in [0.3, 0.4) is 0 Å². The Hall–Kier alpha value is -1.30. The Morgan fingerprint density at radius 1 is 1.37 bits per heavy atom. The number of carbonyl (C=O) groups is 2. The van der Waals surface area contributed by atoms with E-state index in [2.05, 4.69) is 13.0 Å². The van der Waals surface area contributed by atoms with Crippen LogP contribution in [0.15, 0.2) is 23.8 Å². The number of fused-ring (bicyclic) bond motifs is 8. The highest BCUT2D eigenvalue weighted by Gasteiger charge is 2.79. The van der Waals surface area contributed by atoms with E-state index in [-0.39, 0.29) is 41.2 Å². The summed E-state index contributed by atoms with van der Waals surface area (Å²) in [5.41, 5.74) is -1.19. The van der Waals surface area contributed by atoms with Crippen molar-refractivity contribution in [2.24, 2.45) is 34.5 Å². The molecule has 5 aliphatic rings. The highest BCUT2D eigenvalue weighted by molar-refractivity contribution is 6.01. The molecule has 5 rings (SSSR count). The molecule has 1 saturated heterocycles. The first-order valence-corrected chi connectivity index (χ1v) is 10.2. The van der Waals surface area contributed by atoms with Gasteiger partial charge in [-0.2, -0.15) is 0 Å². The average Bonchev–Trinajstić information content (AvgIpc) is 3.40. The number of aliphatic hydroxyl groups excluding tert-OH is 1. The quantitative estimate of drug-likeness (QED) is 0.722. The number of ketones is 2. The van der Waals surface area contributed by atoms with Crippen molar-refractivity contribution in [3.63, 3.8) is 0 Å². The van der Waals surface area contributed by atoms with Crippen LogP contribution >= 0.6 is 0 Å². The zero-order valence-electron chi connectivity index (χ0n) is 16.1. The van der Waals surface area contributed by atoms with E-state index in [0.717, 1.165) is 19.3 Å². The van der Waals surface area contributed by atoms with Gasteiger partial charge in [-0.3, -0.25) is 9.59 Å². The lowest BCUT2D eigenvalue weighted by Gasteiger charge is -2.55. The third-order valence-corrected chi connectivity index (χ3v) is 8.97. The number of hydrogen-bond donors (Lipinski definition) is 2. The Morgan fingerprint density at radius 2 is 2.11 bits per heavy atom. The fourth-order valence-electron chi connectivity index (χ4n) is 7.62. The molecule has 5 heteroatoms. The lowest BCUT2D eigenvalue weighted by molar-refractivity contribution is -0.167. The molecule has 0 aromatic heterocycles. The minimum atomic E-state index is -1.54. The molecule has 27 heavy (non-hydrogen) atoms. The molecule has 1 aliphatic heterocycles. The molecule has 2 N–H and O–H groups in total. The molecule has 4 aliphatic carbocycles. The molecule has 146 valence electrons. The van der Waals surface area contributed by atoms with E-state index >= 15 is 0 Å². The molecule has 0 aromatic rings. The average molecular weight is 372 g/mol. The number of epoxide rings is 1. The molecule has 1 unspecified atom stereocenters. The normalized spacial score (nSPS) is 55.1. The van der Waals surface area contributed by atoms with Gasteiger partial charge in [0.05, 0.1) is 12.2 Å². The van der Waals surface area contributed by atoms with Crippen LogP contribution in [0, 0.1) is 34.5 Å². The van der Waals surface area contributed by atoms with Gasteiger partial charge in [0, 0.05) is 16.7 Å². The maximum atomic E-state index is 12.6. The number of hydrogen-bond acceptors (Lipinski definition) is 5. The van der Waals surface area contributed by atoms with Crippen LogP contribution in [-0.2, 0) is 14.3 Å². The summed E-state index contributed by atoms with van der Waals surface area (Å²) >= 11 is 0. The fraction of sp³-hybridized carbons (Fsp3) is 0.727. The number of ether oxygens (including phenoxy) is 1. The molecular weight excluding hydrogens is 344 g/mol. The van der Waals surface area contributed by atoms with E-state index in [1.54, 1.807) is 12.2 Å². The van der Waals surface area contributed by atoms with Gasteiger partial charge >= 0.3 is 0 Å². The number of Topliss-reactive ketones (excluding diaryl/α,β-unsaturated/α-hetero) is 1. The molecular formula is C22H28O5. The maximum Gasteiger partial charge on any atom is 0.190 e. The summed E-state index contributed by atoms with van der Waals surface area (Å²) in [5, 5.41) is 21.1. The van der Waals surface area contributed by atoms with Gasteiger partial charge in [0.2, 0.25) is 0 Å². The van der Waals surface area contributed by atoms with Crippen LogP contribution in [0.5, 0.6) is 0 Å².